The molecule has 0 radical (unpaired) electrons. The van der Waals surface area contributed by atoms with Crippen molar-refractivity contribution < 1.29 is 14.0 Å². The van der Waals surface area contributed by atoms with Gasteiger partial charge in [0.1, 0.15) is 11.5 Å². The van der Waals surface area contributed by atoms with Crippen LogP contribution in [0.3, 0.4) is 0 Å². The van der Waals surface area contributed by atoms with Gasteiger partial charge in [-0.1, -0.05) is 30.7 Å². The fourth-order valence-electron chi connectivity index (χ4n) is 4.74. The molecule has 7 heteroatoms. The molecule has 186 valence electrons. The SMILES string of the molecule is CC1CCN(CCCNC(=O)c2cccc(-c3ccc(C=C4C(=O)Nc5ccc(Cl)cc54)o3)c2)CC1. The van der Waals surface area contributed by atoms with E-state index in [4.69, 9.17) is 16.0 Å². The van der Waals surface area contributed by atoms with E-state index in [1.807, 2.05) is 30.3 Å². The lowest BCUT2D eigenvalue weighted by Gasteiger charge is -2.30. The van der Waals surface area contributed by atoms with Gasteiger partial charge < -0.3 is 20.0 Å². The van der Waals surface area contributed by atoms with Crippen LogP contribution in [0.1, 0.15) is 47.9 Å². The normalized spacial score (nSPS) is 17.3. The Kier molecular flexibility index (Phi) is 7.25. The van der Waals surface area contributed by atoms with Crippen molar-refractivity contribution in [1.82, 2.24) is 10.2 Å². The van der Waals surface area contributed by atoms with Crippen LogP contribution < -0.4 is 10.6 Å². The lowest BCUT2D eigenvalue weighted by Crippen LogP contribution is -2.35. The topological polar surface area (TPSA) is 74.6 Å². The van der Waals surface area contributed by atoms with Gasteiger partial charge in [0, 0.05) is 33.9 Å². The number of likely N-dealkylation sites (tertiary alicyclic amines) is 1. The minimum atomic E-state index is -0.196. The van der Waals surface area contributed by atoms with E-state index in [9.17, 15) is 9.59 Å². The van der Waals surface area contributed by atoms with Crippen LogP contribution >= 0.6 is 11.6 Å². The van der Waals surface area contributed by atoms with Gasteiger partial charge in [-0.2, -0.15) is 0 Å². The van der Waals surface area contributed by atoms with E-state index < -0.39 is 0 Å². The van der Waals surface area contributed by atoms with Gasteiger partial charge in [0.15, 0.2) is 0 Å². The summed E-state index contributed by atoms with van der Waals surface area (Å²) in [5.74, 6) is 1.71. The number of amides is 2. The first-order valence-corrected chi connectivity index (χ1v) is 12.9. The van der Waals surface area contributed by atoms with Crippen LogP contribution in [0.25, 0.3) is 23.0 Å². The summed E-state index contributed by atoms with van der Waals surface area (Å²) < 4.78 is 6.01. The Morgan fingerprint density at radius 1 is 1.17 bits per heavy atom. The van der Waals surface area contributed by atoms with Gasteiger partial charge in [0.05, 0.1) is 5.57 Å². The molecule has 0 spiro atoms. The van der Waals surface area contributed by atoms with Crippen molar-refractivity contribution >= 4 is 40.8 Å². The summed E-state index contributed by atoms with van der Waals surface area (Å²) in [6.45, 7) is 6.30. The third kappa shape index (κ3) is 5.55. The summed E-state index contributed by atoms with van der Waals surface area (Å²) in [6, 6.07) is 16.3. The smallest absolute Gasteiger partial charge is 0.256 e. The van der Waals surface area contributed by atoms with Gasteiger partial charge in [-0.25, -0.2) is 0 Å². The molecule has 2 amide bonds. The molecule has 1 saturated heterocycles. The van der Waals surface area contributed by atoms with Crippen molar-refractivity contribution in [3.05, 3.63) is 76.5 Å². The van der Waals surface area contributed by atoms with Crippen molar-refractivity contribution in [3.63, 3.8) is 0 Å². The summed E-state index contributed by atoms with van der Waals surface area (Å²) in [5, 5.41) is 6.44. The third-order valence-corrected chi connectivity index (χ3v) is 7.14. The average Bonchev–Trinajstić information content (AvgIpc) is 3.47. The lowest BCUT2D eigenvalue weighted by atomic mass is 9.99. The molecule has 1 aromatic heterocycles. The average molecular weight is 504 g/mol. The molecular weight excluding hydrogens is 474 g/mol. The van der Waals surface area contributed by atoms with Gasteiger partial charge in [0.25, 0.3) is 11.8 Å². The highest BCUT2D eigenvalue weighted by Crippen LogP contribution is 2.35. The summed E-state index contributed by atoms with van der Waals surface area (Å²) in [6.07, 6.45) is 5.18. The maximum absolute atomic E-state index is 12.7. The Labute approximate surface area is 216 Å². The highest BCUT2D eigenvalue weighted by molar-refractivity contribution is 6.36. The second kappa shape index (κ2) is 10.7. The Balaban J connectivity index is 1.21. The molecular formula is C29H30ClN3O3. The first kappa shape index (κ1) is 24.3. The summed E-state index contributed by atoms with van der Waals surface area (Å²) in [5.41, 5.74) is 3.37. The number of fused-ring (bicyclic) bond motifs is 1. The van der Waals surface area contributed by atoms with Crippen molar-refractivity contribution in [2.24, 2.45) is 5.92 Å². The second-order valence-corrected chi connectivity index (χ2v) is 10.1. The fourth-order valence-corrected chi connectivity index (χ4v) is 4.91. The fraction of sp³-hybridized carbons (Fsp3) is 0.310. The quantitative estimate of drug-likeness (QED) is 0.309. The van der Waals surface area contributed by atoms with Crippen molar-refractivity contribution in [2.75, 3.05) is 31.5 Å². The number of rotatable bonds is 7. The molecule has 36 heavy (non-hydrogen) atoms. The van der Waals surface area contributed by atoms with Crippen LogP contribution in [0.4, 0.5) is 5.69 Å². The Hall–Kier alpha value is -3.35. The van der Waals surface area contributed by atoms with Crippen LogP contribution in [0.5, 0.6) is 0 Å². The van der Waals surface area contributed by atoms with E-state index in [1.165, 1.54) is 12.8 Å². The largest absolute Gasteiger partial charge is 0.457 e. The number of piperidine rings is 1. The Morgan fingerprint density at radius 3 is 2.83 bits per heavy atom. The Bertz CT molecular complexity index is 1300. The molecule has 3 heterocycles. The highest BCUT2D eigenvalue weighted by atomic mass is 35.5. The van der Waals surface area contributed by atoms with Gasteiger partial charge >= 0.3 is 0 Å². The number of carbonyl (C=O) groups is 2. The van der Waals surface area contributed by atoms with E-state index in [0.717, 1.165) is 48.8 Å². The first-order valence-electron chi connectivity index (χ1n) is 12.5. The molecule has 0 aliphatic carbocycles. The number of furan rings is 1. The number of hydrogen-bond donors (Lipinski definition) is 2. The van der Waals surface area contributed by atoms with Crippen molar-refractivity contribution in [3.8, 4) is 11.3 Å². The van der Waals surface area contributed by atoms with Gasteiger partial charge in [0.2, 0.25) is 0 Å². The van der Waals surface area contributed by atoms with E-state index in [0.29, 0.717) is 34.2 Å². The molecule has 2 aliphatic rings. The van der Waals surface area contributed by atoms with Crippen molar-refractivity contribution in [2.45, 2.75) is 26.2 Å². The Morgan fingerprint density at radius 2 is 2.00 bits per heavy atom. The predicted molar refractivity (Wildman–Crippen MR) is 144 cm³/mol. The van der Waals surface area contributed by atoms with E-state index >= 15 is 0 Å². The minimum absolute atomic E-state index is 0.0888. The molecule has 1 fully saturated rings. The number of hydrogen-bond acceptors (Lipinski definition) is 4. The van der Waals surface area contributed by atoms with E-state index in [-0.39, 0.29) is 11.8 Å². The number of halogens is 1. The zero-order valence-electron chi connectivity index (χ0n) is 20.4. The van der Waals surface area contributed by atoms with Gasteiger partial charge in [-0.15, -0.1) is 0 Å². The second-order valence-electron chi connectivity index (χ2n) is 9.62. The van der Waals surface area contributed by atoms with Gasteiger partial charge in [-0.05, 0) is 93.4 Å². The molecule has 0 bridgehead atoms. The molecule has 0 unspecified atom stereocenters. The molecule has 3 aromatic rings. The number of carbonyl (C=O) groups excluding carboxylic acids is 2. The third-order valence-electron chi connectivity index (χ3n) is 6.90. The van der Waals surface area contributed by atoms with Crippen LogP contribution in [-0.2, 0) is 4.79 Å². The van der Waals surface area contributed by atoms with E-state index in [1.54, 1.807) is 30.3 Å². The zero-order chi connectivity index (χ0) is 25.1. The molecule has 2 N–H and O–H groups in total. The van der Waals surface area contributed by atoms with Gasteiger partial charge in [-0.3, -0.25) is 9.59 Å². The van der Waals surface area contributed by atoms with Crippen LogP contribution in [-0.4, -0.2) is 42.9 Å². The number of nitrogens with one attached hydrogen (secondary N) is 2. The standard InChI is InChI=1S/C29H30ClN3O3/c1-19-10-14-33(15-11-19)13-3-12-31-28(34)21-5-2-4-20(16-21)27-9-7-23(36-27)18-25-24-17-22(30)6-8-26(24)32-29(25)35/h2,4-9,16-19H,3,10-15H2,1H3,(H,31,34)(H,32,35). The van der Waals surface area contributed by atoms with Crippen LogP contribution in [0, 0.1) is 5.92 Å². The summed E-state index contributed by atoms with van der Waals surface area (Å²) in [7, 11) is 0. The first-order chi connectivity index (χ1) is 17.5. The zero-order valence-corrected chi connectivity index (χ0v) is 21.1. The summed E-state index contributed by atoms with van der Waals surface area (Å²) >= 11 is 6.12. The molecule has 2 aliphatic heterocycles. The monoisotopic (exact) mass is 503 g/mol. The molecule has 6 nitrogen and oxygen atoms in total. The van der Waals surface area contributed by atoms with Crippen LogP contribution in [0.2, 0.25) is 5.02 Å². The number of benzene rings is 2. The number of anilines is 1. The predicted octanol–water partition coefficient (Wildman–Crippen LogP) is 5.94. The number of nitrogens with zero attached hydrogens (tertiary/aromatic N) is 1. The summed E-state index contributed by atoms with van der Waals surface area (Å²) in [4.78, 5) is 27.6. The van der Waals surface area contributed by atoms with Crippen LogP contribution in [0.15, 0.2) is 59.0 Å². The minimum Gasteiger partial charge on any atom is -0.457 e. The maximum Gasteiger partial charge on any atom is 0.256 e. The van der Waals surface area contributed by atoms with E-state index in [2.05, 4.69) is 22.5 Å². The molecule has 0 saturated carbocycles. The van der Waals surface area contributed by atoms with Crippen molar-refractivity contribution in [1.29, 1.82) is 0 Å². The maximum atomic E-state index is 12.7. The lowest BCUT2D eigenvalue weighted by molar-refractivity contribution is -0.110. The molecule has 0 atom stereocenters. The highest BCUT2D eigenvalue weighted by Gasteiger charge is 2.24. The molecule has 2 aromatic carbocycles. The molecule has 5 rings (SSSR count).